The van der Waals surface area contributed by atoms with E-state index in [1.165, 1.54) is 0 Å². The first-order chi connectivity index (χ1) is 13.4. The molecule has 0 saturated heterocycles. The van der Waals surface area contributed by atoms with Gasteiger partial charge in [-0.25, -0.2) is 0 Å². The van der Waals surface area contributed by atoms with Crippen LogP contribution in [0.5, 0.6) is 0 Å². The van der Waals surface area contributed by atoms with E-state index in [4.69, 9.17) is 0 Å². The minimum atomic E-state index is -4.92. The molecule has 3 N–H and O–H groups in total. The lowest BCUT2D eigenvalue weighted by Gasteiger charge is -2.14. The molecule has 1 rings (SSSR count). The largest absolute Gasteiger partial charge is 0.471 e. The first kappa shape index (κ1) is 24.5. The molecule has 1 aromatic rings. The van der Waals surface area contributed by atoms with E-state index in [1.54, 1.807) is 39.8 Å². The summed E-state index contributed by atoms with van der Waals surface area (Å²) in [5, 5.41) is 7.41. The molecule has 1 aromatic carbocycles. The lowest BCUT2D eigenvalue weighted by molar-refractivity contribution is -0.173. The van der Waals surface area contributed by atoms with Crippen LogP contribution in [0, 0.1) is 11.8 Å². The molecule has 6 nitrogen and oxygen atoms in total. The van der Waals surface area contributed by atoms with E-state index >= 15 is 0 Å². The van der Waals surface area contributed by atoms with E-state index in [2.05, 4.69) is 10.6 Å². The number of halogens is 3. The summed E-state index contributed by atoms with van der Waals surface area (Å²) in [5.41, 5.74) is 2.21. The second-order valence-corrected chi connectivity index (χ2v) is 7.41. The summed E-state index contributed by atoms with van der Waals surface area (Å²) in [6.45, 7) is 7.39. The van der Waals surface area contributed by atoms with Gasteiger partial charge in [-0.2, -0.15) is 13.2 Å². The molecule has 3 amide bonds. The van der Waals surface area contributed by atoms with Crippen molar-refractivity contribution < 1.29 is 27.6 Å². The lowest BCUT2D eigenvalue weighted by Crippen LogP contribution is -2.37. The van der Waals surface area contributed by atoms with E-state index in [1.807, 2.05) is 11.4 Å². The molecular weight excluding hydrogens is 387 g/mol. The zero-order valence-electron chi connectivity index (χ0n) is 17.1. The Hall–Kier alpha value is -2.58. The molecule has 9 heteroatoms. The molecule has 162 valence electrons. The Morgan fingerprint density at radius 3 is 1.59 bits per heavy atom. The highest BCUT2D eigenvalue weighted by molar-refractivity contribution is 5.81. The highest BCUT2D eigenvalue weighted by atomic mass is 19.4. The quantitative estimate of drug-likeness (QED) is 0.579. The van der Waals surface area contributed by atoms with E-state index in [9.17, 15) is 27.6 Å². The van der Waals surface area contributed by atoms with E-state index in [-0.39, 0.29) is 49.7 Å². The van der Waals surface area contributed by atoms with Gasteiger partial charge in [0.1, 0.15) is 0 Å². The molecule has 0 unspecified atom stereocenters. The lowest BCUT2D eigenvalue weighted by atomic mass is 10.0. The number of benzene rings is 1. The molecule has 0 saturated carbocycles. The molecule has 0 radical (unpaired) electrons. The van der Waals surface area contributed by atoms with Crippen LogP contribution in [-0.2, 0) is 33.9 Å². The Morgan fingerprint density at radius 2 is 1.21 bits per heavy atom. The van der Waals surface area contributed by atoms with Gasteiger partial charge in [-0.15, -0.1) is 0 Å². The van der Waals surface area contributed by atoms with Crippen molar-refractivity contribution in [2.24, 2.45) is 11.8 Å². The van der Waals surface area contributed by atoms with E-state index in [0.29, 0.717) is 5.56 Å². The summed E-state index contributed by atoms with van der Waals surface area (Å²) < 4.78 is 36.9. The zero-order valence-corrected chi connectivity index (χ0v) is 17.1. The van der Waals surface area contributed by atoms with Crippen molar-refractivity contribution >= 4 is 17.7 Å². The van der Waals surface area contributed by atoms with Crippen molar-refractivity contribution in [1.29, 1.82) is 0 Å². The molecule has 0 aliphatic heterocycles. The van der Waals surface area contributed by atoms with Gasteiger partial charge in [0.15, 0.2) is 0 Å². The molecule has 0 heterocycles. The molecule has 0 aromatic heterocycles. The van der Waals surface area contributed by atoms with Crippen molar-refractivity contribution in [3.8, 4) is 0 Å². The Balaban J connectivity index is 2.87. The second-order valence-electron chi connectivity index (χ2n) is 7.41. The number of amides is 3. The molecule has 0 fully saturated rings. The van der Waals surface area contributed by atoms with Crippen LogP contribution >= 0.6 is 0 Å². The fourth-order valence-electron chi connectivity index (χ4n) is 2.40. The Labute approximate surface area is 168 Å². The third kappa shape index (κ3) is 8.97. The standard InChI is InChI=1S/C20H28F3N3O3/c1-12(2)17(27)25-10-15-7-14(5-6-24-19(29)20(21,22)23)8-16(9-15)11-26-18(28)13(3)4/h7-9,12-13H,5-6,10-11H2,1-4H3,(H,24,29)(H,25,27)(H,26,28). The fraction of sp³-hybridized carbons (Fsp3) is 0.550. The maximum absolute atomic E-state index is 12.3. The number of rotatable bonds is 9. The van der Waals surface area contributed by atoms with Crippen LogP contribution < -0.4 is 16.0 Å². The number of nitrogens with one attached hydrogen (secondary N) is 3. The van der Waals surface area contributed by atoms with Gasteiger partial charge in [-0.05, 0) is 23.1 Å². The maximum Gasteiger partial charge on any atom is 0.471 e. The third-order valence-electron chi connectivity index (χ3n) is 4.05. The fourth-order valence-corrected chi connectivity index (χ4v) is 2.40. The SMILES string of the molecule is CC(C)C(=O)NCc1cc(CCNC(=O)C(F)(F)F)cc(CNC(=O)C(C)C)c1. The summed E-state index contributed by atoms with van der Waals surface area (Å²) in [4.78, 5) is 34.5. The Morgan fingerprint density at radius 1 is 0.793 bits per heavy atom. The van der Waals surface area contributed by atoms with E-state index in [0.717, 1.165) is 11.1 Å². The van der Waals surface area contributed by atoms with Gasteiger partial charge in [0.05, 0.1) is 0 Å². The number of carbonyl (C=O) groups excluding carboxylic acids is 3. The minimum Gasteiger partial charge on any atom is -0.352 e. The minimum absolute atomic E-state index is 0.123. The van der Waals surface area contributed by atoms with Gasteiger partial charge in [0.25, 0.3) is 0 Å². The smallest absolute Gasteiger partial charge is 0.352 e. The van der Waals surface area contributed by atoms with Crippen LogP contribution in [-0.4, -0.2) is 30.4 Å². The van der Waals surface area contributed by atoms with Crippen LogP contribution in [0.3, 0.4) is 0 Å². The summed E-state index contributed by atoms with van der Waals surface area (Å²) in [7, 11) is 0. The van der Waals surface area contributed by atoms with Crippen LogP contribution in [0.4, 0.5) is 13.2 Å². The number of hydrogen-bond donors (Lipinski definition) is 3. The van der Waals surface area contributed by atoms with Gasteiger partial charge in [-0.1, -0.05) is 45.9 Å². The van der Waals surface area contributed by atoms with E-state index < -0.39 is 12.1 Å². The molecule has 29 heavy (non-hydrogen) atoms. The molecular formula is C20H28F3N3O3. The first-order valence-electron chi connectivity index (χ1n) is 9.42. The van der Waals surface area contributed by atoms with Crippen molar-refractivity contribution in [2.75, 3.05) is 6.54 Å². The van der Waals surface area contributed by atoms with Gasteiger partial charge < -0.3 is 16.0 Å². The van der Waals surface area contributed by atoms with Crippen molar-refractivity contribution in [3.05, 3.63) is 34.9 Å². The maximum atomic E-state index is 12.3. The molecule has 0 aliphatic rings. The Bertz CT molecular complexity index is 689. The summed E-state index contributed by atoms with van der Waals surface area (Å²) in [6.07, 6.45) is -4.74. The van der Waals surface area contributed by atoms with Gasteiger partial charge >= 0.3 is 12.1 Å². The second kappa shape index (κ2) is 10.8. The van der Waals surface area contributed by atoms with Crippen LogP contribution in [0.1, 0.15) is 44.4 Å². The van der Waals surface area contributed by atoms with Crippen LogP contribution in [0.25, 0.3) is 0 Å². The molecule has 0 atom stereocenters. The third-order valence-corrected chi connectivity index (χ3v) is 4.05. The normalized spacial score (nSPS) is 11.5. The van der Waals surface area contributed by atoms with Gasteiger partial charge in [-0.3, -0.25) is 14.4 Å². The summed E-state index contributed by atoms with van der Waals surface area (Å²) >= 11 is 0. The van der Waals surface area contributed by atoms with Crippen molar-refractivity contribution in [1.82, 2.24) is 16.0 Å². The zero-order chi connectivity index (χ0) is 22.2. The Kier molecular flexibility index (Phi) is 9.13. The number of hydrogen-bond acceptors (Lipinski definition) is 3. The highest BCUT2D eigenvalue weighted by Crippen LogP contribution is 2.15. The average molecular weight is 415 g/mol. The topological polar surface area (TPSA) is 87.3 Å². The summed E-state index contributed by atoms with van der Waals surface area (Å²) in [6, 6.07) is 5.33. The number of carbonyl (C=O) groups is 3. The predicted octanol–water partition coefficient (Wildman–Crippen LogP) is 2.45. The number of alkyl halides is 3. The molecule has 0 bridgehead atoms. The summed E-state index contributed by atoms with van der Waals surface area (Å²) in [5.74, 6) is -2.59. The molecule has 0 spiro atoms. The van der Waals surface area contributed by atoms with Gasteiger partial charge in [0.2, 0.25) is 11.8 Å². The highest BCUT2D eigenvalue weighted by Gasteiger charge is 2.38. The van der Waals surface area contributed by atoms with Crippen LogP contribution in [0.2, 0.25) is 0 Å². The average Bonchev–Trinajstić information content (AvgIpc) is 2.62. The van der Waals surface area contributed by atoms with Crippen molar-refractivity contribution in [2.45, 2.75) is 53.4 Å². The van der Waals surface area contributed by atoms with Crippen molar-refractivity contribution in [3.63, 3.8) is 0 Å². The molecule has 0 aliphatic carbocycles. The van der Waals surface area contributed by atoms with Gasteiger partial charge in [0, 0.05) is 31.5 Å². The predicted molar refractivity (Wildman–Crippen MR) is 103 cm³/mol. The van der Waals surface area contributed by atoms with Crippen LogP contribution in [0.15, 0.2) is 18.2 Å². The first-order valence-corrected chi connectivity index (χ1v) is 9.42. The monoisotopic (exact) mass is 415 g/mol.